The molecular formula is C21H19N3O3. The van der Waals surface area contributed by atoms with Crippen molar-refractivity contribution in [1.29, 1.82) is 0 Å². The second-order valence-corrected chi connectivity index (χ2v) is 6.70. The van der Waals surface area contributed by atoms with E-state index in [-0.39, 0.29) is 12.5 Å². The van der Waals surface area contributed by atoms with E-state index in [2.05, 4.69) is 10.3 Å². The number of imide groups is 1. The molecule has 0 bridgehead atoms. The largest absolute Gasteiger partial charge is 0.441 e. The number of amides is 3. The topological polar surface area (TPSA) is 75.4 Å². The number of hydrogen-bond donors (Lipinski definition) is 1. The maximum Gasteiger partial charge on any atom is 0.325 e. The Labute approximate surface area is 156 Å². The second kappa shape index (κ2) is 6.39. The Morgan fingerprint density at radius 3 is 2.33 bits per heavy atom. The van der Waals surface area contributed by atoms with Crippen molar-refractivity contribution < 1.29 is 14.0 Å². The van der Waals surface area contributed by atoms with Gasteiger partial charge in [-0.3, -0.25) is 9.69 Å². The van der Waals surface area contributed by atoms with Gasteiger partial charge in [0.25, 0.3) is 5.91 Å². The molecule has 1 aromatic heterocycles. The second-order valence-electron chi connectivity index (χ2n) is 6.70. The molecule has 1 atom stereocenters. The predicted molar refractivity (Wildman–Crippen MR) is 99.6 cm³/mol. The molecule has 1 saturated heterocycles. The summed E-state index contributed by atoms with van der Waals surface area (Å²) in [6, 6.07) is 18.3. The highest BCUT2D eigenvalue weighted by molar-refractivity contribution is 6.07. The molecule has 0 aliphatic carbocycles. The SMILES string of the molecule is Cc1oc(-c2ccccc2)nc1CN1C(=O)NC(C)(c2ccccc2)C1=O. The van der Waals surface area contributed by atoms with E-state index in [0.717, 1.165) is 11.1 Å². The quantitative estimate of drug-likeness (QED) is 0.720. The summed E-state index contributed by atoms with van der Waals surface area (Å²) in [6.45, 7) is 3.56. The van der Waals surface area contributed by atoms with Gasteiger partial charge in [-0.05, 0) is 31.5 Å². The van der Waals surface area contributed by atoms with Crippen LogP contribution in [0.4, 0.5) is 4.79 Å². The van der Waals surface area contributed by atoms with Crippen molar-refractivity contribution in [2.75, 3.05) is 0 Å². The first-order valence-electron chi connectivity index (χ1n) is 8.70. The zero-order valence-electron chi connectivity index (χ0n) is 15.1. The van der Waals surface area contributed by atoms with E-state index < -0.39 is 11.6 Å². The Morgan fingerprint density at radius 1 is 1.04 bits per heavy atom. The number of rotatable bonds is 4. The molecule has 0 saturated carbocycles. The molecular weight excluding hydrogens is 342 g/mol. The van der Waals surface area contributed by atoms with Gasteiger partial charge in [0.2, 0.25) is 5.89 Å². The summed E-state index contributed by atoms with van der Waals surface area (Å²) in [4.78, 5) is 31.2. The molecule has 2 heterocycles. The van der Waals surface area contributed by atoms with E-state index in [1.165, 1.54) is 4.90 Å². The first kappa shape index (κ1) is 17.0. The molecule has 27 heavy (non-hydrogen) atoms. The van der Waals surface area contributed by atoms with Crippen LogP contribution in [-0.2, 0) is 16.9 Å². The number of aryl methyl sites for hydroxylation is 1. The number of carbonyl (C=O) groups is 2. The average molecular weight is 361 g/mol. The fourth-order valence-electron chi connectivity index (χ4n) is 3.24. The monoisotopic (exact) mass is 361 g/mol. The number of aromatic nitrogens is 1. The lowest BCUT2D eigenvalue weighted by atomic mass is 9.92. The van der Waals surface area contributed by atoms with Gasteiger partial charge in [-0.1, -0.05) is 48.5 Å². The highest BCUT2D eigenvalue weighted by Crippen LogP contribution is 2.30. The summed E-state index contributed by atoms with van der Waals surface area (Å²) >= 11 is 0. The Balaban J connectivity index is 1.61. The molecule has 6 nitrogen and oxygen atoms in total. The maximum absolute atomic E-state index is 13.0. The van der Waals surface area contributed by atoms with E-state index in [0.29, 0.717) is 17.3 Å². The first-order chi connectivity index (χ1) is 13.0. The summed E-state index contributed by atoms with van der Waals surface area (Å²) < 4.78 is 5.74. The Kier molecular flexibility index (Phi) is 4.03. The third kappa shape index (κ3) is 2.89. The fraction of sp³-hybridized carbons (Fsp3) is 0.190. The number of urea groups is 1. The van der Waals surface area contributed by atoms with Gasteiger partial charge in [0.1, 0.15) is 17.0 Å². The number of carbonyl (C=O) groups excluding carboxylic acids is 2. The molecule has 1 unspecified atom stereocenters. The van der Waals surface area contributed by atoms with Crippen LogP contribution in [0.1, 0.15) is 23.9 Å². The van der Waals surface area contributed by atoms with Gasteiger partial charge in [0.05, 0.1) is 6.54 Å². The molecule has 1 fully saturated rings. The van der Waals surface area contributed by atoms with Crippen LogP contribution in [0.25, 0.3) is 11.5 Å². The maximum atomic E-state index is 13.0. The number of benzene rings is 2. The van der Waals surface area contributed by atoms with Crippen molar-refractivity contribution in [3.63, 3.8) is 0 Å². The smallest absolute Gasteiger partial charge is 0.325 e. The number of nitrogens with one attached hydrogen (secondary N) is 1. The molecule has 6 heteroatoms. The third-order valence-electron chi connectivity index (χ3n) is 4.85. The van der Waals surface area contributed by atoms with Gasteiger partial charge >= 0.3 is 6.03 Å². The molecule has 0 radical (unpaired) electrons. The number of oxazole rings is 1. The number of nitrogens with zero attached hydrogens (tertiary/aromatic N) is 2. The van der Waals surface area contributed by atoms with Crippen molar-refractivity contribution in [2.45, 2.75) is 25.9 Å². The van der Waals surface area contributed by atoms with Crippen LogP contribution in [0.5, 0.6) is 0 Å². The van der Waals surface area contributed by atoms with E-state index >= 15 is 0 Å². The van der Waals surface area contributed by atoms with Crippen LogP contribution in [0.3, 0.4) is 0 Å². The summed E-state index contributed by atoms with van der Waals surface area (Å²) in [5, 5.41) is 2.80. The minimum Gasteiger partial charge on any atom is -0.441 e. The lowest BCUT2D eigenvalue weighted by molar-refractivity contribution is -0.131. The minimum absolute atomic E-state index is 0.0647. The van der Waals surface area contributed by atoms with E-state index in [4.69, 9.17) is 4.42 Å². The highest BCUT2D eigenvalue weighted by atomic mass is 16.4. The van der Waals surface area contributed by atoms with E-state index in [9.17, 15) is 9.59 Å². The van der Waals surface area contributed by atoms with E-state index in [1.54, 1.807) is 13.8 Å². The normalized spacial score (nSPS) is 19.4. The van der Waals surface area contributed by atoms with Crippen LogP contribution in [0.15, 0.2) is 65.1 Å². The van der Waals surface area contributed by atoms with Gasteiger partial charge in [0, 0.05) is 5.56 Å². The molecule has 2 aromatic carbocycles. The Bertz CT molecular complexity index is 998. The molecule has 0 spiro atoms. The van der Waals surface area contributed by atoms with E-state index in [1.807, 2.05) is 60.7 Å². The van der Waals surface area contributed by atoms with Gasteiger partial charge in [-0.2, -0.15) is 0 Å². The zero-order valence-corrected chi connectivity index (χ0v) is 15.1. The third-order valence-corrected chi connectivity index (χ3v) is 4.85. The van der Waals surface area contributed by atoms with Crippen LogP contribution >= 0.6 is 0 Å². The lowest BCUT2D eigenvalue weighted by Crippen LogP contribution is -2.40. The Hall–Kier alpha value is -3.41. The molecule has 4 rings (SSSR count). The van der Waals surface area contributed by atoms with Crippen LogP contribution in [-0.4, -0.2) is 21.8 Å². The van der Waals surface area contributed by atoms with Crippen molar-refractivity contribution in [2.24, 2.45) is 0 Å². The van der Waals surface area contributed by atoms with Crippen molar-refractivity contribution in [3.8, 4) is 11.5 Å². The minimum atomic E-state index is -1.09. The van der Waals surface area contributed by atoms with Gasteiger partial charge < -0.3 is 9.73 Å². The van der Waals surface area contributed by atoms with Gasteiger partial charge in [-0.15, -0.1) is 0 Å². The molecule has 1 aliphatic rings. The van der Waals surface area contributed by atoms with Crippen LogP contribution in [0.2, 0.25) is 0 Å². The van der Waals surface area contributed by atoms with Crippen LogP contribution < -0.4 is 5.32 Å². The fourth-order valence-corrected chi connectivity index (χ4v) is 3.24. The van der Waals surface area contributed by atoms with Crippen molar-refractivity contribution >= 4 is 11.9 Å². The highest BCUT2D eigenvalue weighted by Gasteiger charge is 2.49. The van der Waals surface area contributed by atoms with Gasteiger partial charge in [-0.25, -0.2) is 9.78 Å². The summed E-state index contributed by atoms with van der Waals surface area (Å²) in [5.74, 6) is 0.756. The Morgan fingerprint density at radius 2 is 1.67 bits per heavy atom. The first-order valence-corrected chi connectivity index (χ1v) is 8.70. The number of hydrogen-bond acceptors (Lipinski definition) is 4. The standard InChI is InChI=1S/C21H19N3O3/c1-14-17(22-18(27-14)15-9-5-3-6-10-15)13-24-19(25)21(2,23-20(24)26)16-11-7-4-8-12-16/h3-12H,13H2,1-2H3,(H,23,26). The summed E-state index contributed by atoms with van der Waals surface area (Å²) in [7, 11) is 0. The molecule has 136 valence electrons. The van der Waals surface area contributed by atoms with Crippen molar-refractivity contribution in [1.82, 2.24) is 15.2 Å². The van der Waals surface area contributed by atoms with Crippen LogP contribution in [0, 0.1) is 6.92 Å². The molecule has 3 aromatic rings. The lowest BCUT2D eigenvalue weighted by Gasteiger charge is -2.22. The van der Waals surface area contributed by atoms with Gasteiger partial charge in [0.15, 0.2) is 0 Å². The predicted octanol–water partition coefficient (Wildman–Crippen LogP) is 3.62. The molecule has 1 N–H and O–H groups in total. The summed E-state index contributed by atoms with van der Waals surface area (Å²) in [6.07, 6.45) is 0. The van der Waals surface area contributed by atoms with Crippen molar-refractivity contribution in [3.05, 3.63) is 77.7 Å². The molecule has 3 amide bonds. The summed E-state index contributed by atoms with van der Waals surface area (Å²) in [5.41, 5.74) is 1.07. The zero-order chi connectivity index (χ0) is 19.0. The molecule has 1 aliphatic heterocycles. The average Bonchev–Trinajstić information content (AvgIpc) is 3.16.